The van der Waals surface area contributed by atoms with Crippen molar-refractivity contribution in [2.24, 2.45) is 23.0 Å². The Morgan fingerprint density at radius 1 is 1.29 bits per heavy atom. The Bertz CT molecular complexity index is 258. The summed E-state index contributed by atoms with van der Waals surface area (Å²) in [4.78, 5) is 2.62. The minimum Gasteiger partial charge on any atom is -0.329 e. The molecule has 0 aliphatic heterocycles. The molecular weight excluding hydrogens is 208 g/mol. The lowest BCUT2D eigenvalue weighted by molar-refractivity contribution is 0.0464. The van der Waals surface area contributed by atoms with Crippen molar-refractivity contribution in [3.05, 3.63) is 0 Å². The summed E-state index contributed by atoms with van der Waals surface area (Å²) < 4.78 is 0. The molecule has 3 atom stereocenters. The average molecular weight is 238 g/mol. The van der Waals surface area contributed by atoms with Crippen molar-refractivity contribution in [3.63, 3.8) is 0 Å². The minimum absolute atomic E-state index is 0.550. The number of nitrogens with two attached hydrogens (primary N) is 1. The SMILES string of the molecule is CC1CC(C)(C)CCC1N(C)C(CN)C1CC1. The van der Waals surface area contributed by atoms with Crippen LogP contribution in [-0.4, -0.2) is 30.6 Å². The van der Waals surface area contributed by atoms with E-state index in [1.165, 1.54) is 32.1 Å². The predicted molar refractivity (Wildman–Crippen MR) is 73.9 cm³/mol. The molecule has 0 bridgehead atoms. The van der Waals surface area contributed by atoms with Crippen molar-refractivity contribution in [1.29, 1.82) is 0 Å². The van der Waals surface area contributed by atoms with Crippen LogP contribution in [0.25, 0.3) is 0 Å². The predicted octanol–water partition coefficient (Wildman–Crippen LogP) is 2.87. The van der Waals surface area contributed by atoms with E-state index < -0.39 is 0 Å². The molecule has 0 radical (unpaired) electrons. The van der Waals surface area contributed by atoms with Crippen LogP contribution in [0.1, 0.15) is 52.9 Å². The van der Waals surface area contributed by atoms with E-state index in [2.05, 4.69) is 32.7 Å². The van der Waals surface area contributed by atoms with Crippen LogP contribution in [-0.2, 0) is 0 Å². The standard InChI is InChI=1S/C15H30N2/c1-11-9-15(2,3)8-7-13(11)17(4)14(10-16)12-5-6-12/h11-14H,5-10,16H2,1-4H3. The summed E-state index contributed by atoms with van der Waals surface area (Å²) in [5.74, 6) is 1.71. The third-order valence-corrected chi connectivity index (χ3v) is 5.10. The van der Waals surface area contributed by atoms with Crippen LogP contribution in [0.4, 0.5) is 0 Å². The van der Waals surface area contributed by atoms with Gasteiger partial charge in [0, 0.05) is 18.6 Å². The first-order valence-electron chi connectivity index (χ1n) is 7.36. The van der Waals surface area contributed by atoms with Gasteiger partial charge in [-0.2, -0.15) is 0 Å². The van der Waals surface area contributed by atoms with Gasteiger partial charge in [0.1, 0.15) is 0 Å². The summed E-state index contributed by atoms with van der Waals surface area (Å²) in [7, 11) is 2.31. The lowest BCUT2D eigenvalue weighted by atomic mass is 9.70. The number of rotatable bonds is 4. The normalized spacial score (nSPS) is 34.9. The molecule has 2 N–H and O–H groups in total. The zero-order chi connectivity index (χ0) is 12.6. The summed E-state index contributed by atoms with van der Waals surface area (Å²) in [6, 6.07) is 1.40. The molecule has 2 nitrogen and oxygen atoms in total. The molecule has 2 aliphatic rings. The van der Waals surface area contributed by atoms with Crippen LogP contribution in [0.15, 0.2) is 0 Å². The van der Waals surface area contributed by atoms with Crippen molar-refractivity contribution >= 4 is 0 Å². The maximum Gasteiger partial charge on any atom is 0.0246 e. The van der Waals surface area contributed by atoms with E-state index in [0.717, 1.165) is 24.4 Å². The highest BCUT2D eigenvalue weighted by atomic mass is 15.2. The molecule has 0 amide bonds. The zero-order valence-electron chi connectivity index (χ0n) is 12.1. The van der Waals surface area contributed by atoms with Crippen LogP contribution in [0, 0.1) is 17.3 Å². The first-order valence-corrected chi connectivity index (χ1v) is 7.36. The lowest BCUT2D eigenvalue weighted by Crippen LogP contribution is -2.50. The maximum atomic E-state index is 5.98. The quantitative estimate of drug-likeness (QED) is 0.816. The number of hydrogen-bond donors (Lipinski definition) is 1. The van der Waals surface area contributed by atoms with E-state index in [4.69, 9.17) is 5.73 Å². The molecule has 100 valence electrons. The molecule has 2 saturated carbocycles. The van der Waals surface area contributed by atoms with Gasteiger partial charge >= 0.3 is 0 Å². The highest BCUT2D eigenvalue weighted by Crippen LogP contribution is 2.42. The average Bonchev–Trinajstić information content (AvgIpc) is 3.01. The molecule has 0 aromatic rings. The van der Waals surface area contributed by atoms with Crippen LogP contribution in [0.5, 0.6) is 0 Å². The van der Waals surface area contributed by atoms with E-state index in [9.17, 15) is 0 Å². The molecule has 0 heterocycles. The second-order valence-corrected chi connectivity index (χ2v) is 7.26. The lowest BCUT2D eigenvalue weighted by Gasteiger charge is -2.45. The van der Waals surface area contributed by atoms with Gasteiger partial charge in [-0.1, -0.05) is 20.8 Å². The minimum atomic E-state index is 0.550. The molecule has 0 spiro atoms. The highest BCUT2D eigenvalue weighted by molar-refractivity contribution is 4.94. The van der Waals surface area contributed by atoms with Crippen molar-refractivity contribution < 1.29 is 0 Å². The fourth-order valence-electron chi connectivity index (χ4n) is 3.96. The second kappa shape index (κ2) is 4.89. The van der Waals surface area contributed by atoms with Crippen molar-refractivity contribution in [2.45, 2.75) is 65.0 Å². The molecule has 0 aromatic heterocycles. The molecule has 0 aromatic carbocycles. The van der Waals surface area contributed by atoms with E-state index in [1.807, 2.05) is 0 Å². The van der Waals surface area contributed by atoms with Gasteiger partial charge in [-0.05, 0) is 56.4 Å². The molecule has 2 aliphatic carbocycles. The van der Waals surface area contributed by atoms with Crippen LogP contribution < -0.4 is 5.73 Å². The Labute approximate surface area is 107 Å². The maximum absolute atomic E-state index is 5.98. The van der Waals surface area contributed by atoms with Crippen molar-refractivity contribution in [1.82, 2.24) is 4.90 Å². The van der Waals surface area contributed by atoms with Gasteiger partial charge in [0.05, 0.1) is 0 Å². The summed E-state index contributed by atoms with van der Waals surface area (Å²) in [6.45, 7) is 8.11. The van der Waals surface area contributed by atoms with Gasteiger partial charge in [-0.3, -0.25) is 4.90 Å². The molecular formula is C15H30N2. The largest absolute Gasteiger partial charge is 0.329 e. The number of likely N-dealkylation sites (N-methyl/N-ethyl adjacent to an activating group) is 1. The Kier molecular flexibility index (Phi) is 3.84. The van der Waals surface area contributed by atoms with E-state index >= 15 is 0 Å². The van der Waals surface area contributed by atoms with Gasteiger partial charge in [0.2, 0.25) is 0 Å². The zero-order valence-corrected chi connectivity index (χ0v) is 12.1. The molecule has 17 heavy (non-hydrogen) atoms. The summed E-state index contributed by atoms with van der Waals surface area (Å²) in [6.07, 6.45) is 6.89. The smallest absolute Gasteiger partial charge is 0.0246 e. The summed E-state index contributed by atoms with van der Waals surface area (Å²) in [5, 5.41) is 0. The fourth-order valence-corrected chi connectivity index (χ4v) is 3.96. The second-order valence-electron chi connectivity index (χ2n) is 7.26. The first kappa shape index (κ1) is 13.4. The Morgan fingerprint density at radius 3 is 2.41 bits per heavy atom. The monoisotopic (exact) mass is 238 g/mol. The topological polar surface area (TPSA) is 29.3 Å². The number of hydrogen-bond acceptors (Lipinski definition) is 2. The third kappa shape index (κ3) is 3.03. The van der Waals surface area contributed by atoms with Crippen LogP contribution >= 0.6 is 0 Å². The summed E-state index contributed by atoms with van der Waals surface area (Å²) in [5.41, 5.74) is 6.53. The molecule has 3 unspecified atom stereocenters. The van der Waals surface area contributed by atoms with E-state index in [-0.39, 0.29) is 0 Å². The van der Waals surface area contributed by atoms with Gasteiger partial charge in [-0.15, -0.1) is 0 Å². The molecule has 2 rings (SSSR count). The fraction of sp³-hybridized carbons (Fsp3) is 1.00. The molecule has 0 saturated heterocycles. The number of nitrogens with zero attached hydrogens (tertiary/aromatic N) is 1. The Balaban J connectivity index is 1.97. The van der Waals surface area contributed by atoms with Gasteiger partial charge in [0.15, 0.2) is 0 Å². The van der Waals surface area contributed by atoms with Gasteiger partial charge in [-0.25, -0.2) is 0 Å². The van der Waals surface area contributed by atoms with E-state index in [1.54, 1.807) is 0 Å². The van der Waals surface area contributed by atoms with Crippen molar-refractivity contribution in [3.8, 4) is 0 Å². The van der Waals surface area contributed by atoms with E-state index in [0.29, 0.717) is 11.5 Å². The third-order valence-electron chi connectivity index (χ3n) is 5.10. The van der Waals surface area contributed by atoms with Crippen LogP contribution in [0.3, 0.4) is 0 Å². The Hall–Kier alpha value is -0.0800. The highest BCUT2D eigenvalue weighted by Gasteiger charge is 2.40. The first-order chi connectivity index (χ1) is 7.94. The Morgan fingerprint density at radius 2 is 1.94 bits per heavy atom. The molecule has 2 fully saturated rings. The molecule has 2 heteroatoms. The van der Waals surface area contributed by atoms with Crippen molar-refractivity contribution in [2.75, 3.05) is 13.6 Å². The summed E-state index contributed by atoms with van der Waals surface area (Å²) >= 11 is 0. The van der Waals surface area contributed by atoms with Crippen LogP contribution in [0.2, 0.25) is 0 Å². The van der Waals surface area contributed by atoms with Gasteiger partial charge < -0.3 is 5.73 Å². The van der Waals surface area contributed by atoms with Gasteiger partial charge in [0.25, 0.3) is 0 Å².